The van der Waals surface area contributed by atoms with Crippen LogP contribution in [0.2, 0.25) is 0 Å². The number of thiophene rings is 1. The van der Waals surface area contributed by atoms with Crippen molar-refractivity contribution in [3.8, 4) is 33.4 Å². The normalized spacial score (nSPS) is 10.8. The molecule has 3 nitrogen and oxygen atoms in total. The highest BCUT2D eigenvalue weighted by atomic mass is 32.1. The SMILES string of the molecule is Oc1ccc(Oc2c(-c3ccc(O)cc3)sc3ccccc23)cc1. The lowest BCUT2D eigenvalue weighted by Crippen LogP contribution is -1.85. The first-order valence-electron chi connectivity index (χ1n) is 7.48. The Morgan fingerprint density at radius 3 is 2.04 bits per heavy atom. The molecule has 1 heterocycles. The summed E-state index contributed by atoms with van der Waals surface area (Å²) in [4.78, 5) is 1.00. The molecule has 118 valence electrons. The van der Waals surface area contributed by atoms with E-state index in [4.69, 9.17) is 4.74 Å². The van der Waals surface area contributed by atoms with E-state index in [2.05, 4.69) is 6.07 Å². The average Bonchev–Trinajstić information content (AvgIpc) is 2.96. The molecule has 0 unspecified atom stereocenters. The zero-order chi connectivity index (χ0) is 16.5. The minimum Gasteiger partial charge on any atom is -0.508 e. The summed E-state index contributed by atoms with van der Waals surface area (Å²) in [6.07, 6.45) is 0. The van der Waals surface area contributed by atoms with Crippen molar-refractivity contribution in [3.05, 3.63) is 72.8 Å². The summed E-state index contributed by atoms with van der Waals surface area (Å²) < 4.78 is 7.27. The highest BCUT2D eigenvalue weighted by Gasteiger charge is 2.16. The molecule has 0 radical (unpaired) electrons. The van der Waals surface area contributed by atoms with Gasteiger partial charge in [-0.05, 0) is 66.2 Å². The van der Waals surface area contributed by atoms with Gasteiger partial charge < -0.3 is 14.9 Å². The Morgan fingerprint density at radius 1 is 0.708 bits per heavy atom. The van der Waals surface area contributed by atoms with E-state index in [0.29, 0.717) is 5.75 Å². The Hall–Kier alpha value is -2.98. The van der Waals surface area contributed by atoms with Crippen LogP contribution in [0.4, 0.5) is 0 Å². The number of fused-ring (bicyclic) bond motifs is 1. The number of rotatable bonds is 3. The Labute approximate surface area is 143 Å². The Balaban J connectivity index is 1.86. The van der Waals surface area contributed by atoms with E-state index in [1.807, 2.05) is 30.3 Å². The number of ether oxygens (including phenoxy) is 1. The van der Waals surface area contributed by atoms with E-state index in [0.717, 1.165) is 26.3 Å². The Bertz CT molecular complexity index is 986. The van der Waals surface area contributed by atoms with Crippen molar-refractivity contribution >= 4 is 21.4 Å². The van der Waals surface area contributed by atoms with E-state index in [1.54, 1.807) is 47.7 Å². The van der Waals surface area contributed by atoms with Crippen molar-refractivity contribution in [1.29, 1.82) is 0 Å². The summed E-state index contributed by atoms with van der Waals surface area (Å²) in [5.41, 5.74) is 0.989. The summed E-state index contributed by atoms with van der Waals surface area (Å²) >= 11 is 1.65. The monoisotopic (exact) mass is 334 g/mol. The molecule has 1 aromatic heterocycles. The highest BCUT2D eigenvalue weighted by molar-refractivity contribution is 7.22. The molecule has 4 aromatic rings. The standard InChI is InChI=1S/C20H14O3S/c21-14-7-5-13(6-8-14)20-19(17-3-1-2-4-18(17)24-20)23-16-11-9-15(22)10-12-16/h1-12,21-22H. The molecule has 4 heteroatoms. The second-order valence-corrected chi connectivity index (χ2v) is 6.45. The van der Waals surface area contributed by atoms with Gasteiger partial charge in [0.1, 0.15) is 17.2 Å². The summed E-state index contributed by atoms with van der Waals surface area (Å²) in [5.74, 6) is 1.89. The van der Waals surface area contributed by atoms with Crippen molar-refractivity contribution in [2.75, 3.05) is 0 Å². The molecule has 0 saturated heterocycles. The predicted octanol–water partition coefficient (Wildman–Crippen LogP) is 5.77. The van der Waals surface area contributed by atoms with E-state index >= 15 is 0 Å². The van der Waals surface area contributed by atoms with Crippen LogP contribution in [0.1, 0.15) is 0 Å². The number of phenolic OH excluding ortho intramolecular Hbond substituents is 2. The third-order valence-electron chi connectivity index (χ3n) is 3.74. The van der Waals surface area contributed by atoms with Gasteiger partial charge in [-0.2, -0.15) is 0 Å². The molecule has 0 aliphatic carbocycles. The van der Waals surface area contributed by atoms with E-state index < -0.39 is 0 Å². The molecule has 0 atom stereocenters. The third-order valence-corrected chi connectivity index (χ3v) is 4.94. The maximum Gasteiger partial charge on any atom is 0.153 e. The van der Waals surface area contributed by atoms with Gasteiger partial charge in [-0.25, -0.2) is 0 Å². The molecule has 4 rings (SSSR count). The van der Waals surface area contributed by atoms with Crippen LogP contribution in [0, 0.1) is 0 Å². The molecular weight excluding hydrogens is 320 g/mol. The second-order valence-electron chi connectivity index (χ2n) is 5.40. The van der Waals surface area contributed by atoms with Crippen molar-refractivity contribution in [3.63, 3.8) is 0 Å². The molecular formula is C20H14O3S. The Morgan fingerprint density at radius 2 is 1.33 bits per heavy atom. The van der Waals surface area contributed by atoms with Gasteiger partial charge in [-0.3, -0.25) is 0 Å². The fourth-order valence-electron chi connectivity index (χ4n) is 2.56. The number of hydrogen-bond acceptors (Lipinski definition) is 4. The van der Waals surface area contributed by atoms with Crippen molar-refractivity contribution < 1.29 is 14.9 Å². The first-order chi connectivity index (χ1) is 11.7. The smallest absolute Gasteiger partial charge is 0.153 e. The fraction of sp³-hybridized carbons (Fsp3) is 0. The third kappa shape index (κ3) is 2.68. The minimum absolute atomic E-state index is 0.205. The summed E-state index contributed by atoms with van der Waals surface area (Å²) in [7, 11) is 0. The first kappa shape index (κ1) is 14.6. The van der Waals surface area contributed by atoms with Crippen LogP contribution < -0.4 is 4.74 Å². The van der Waals surface area contributed by atoms with Crippen molar-refractivity contribution in [1.82, 2.24) is 0 Å². The topological polar surface area (TPSA) is 49.7 Å². The molecule has 0 aliphatic heterocycles. The van der Waals surface area contributed by atoms with Crippen LogP contribution in [-0.4, -0.2) is 10.2 Å². The molecule has 2 N–H and O–H groups in total. The van der Waals surface area contributed by atoms with Gasteiger partial charge in [-0.1, -0.05) is 12.1 Å². The van der Waals surface area contributed by atoms with E-state index in [9.17, 15) is 10.2 Å². The maximum atomic E-state index is 9.52. The number of benzene rings is 3. The Kier molecular flexibility index (Phi) is 3.59. The number of aromatic hydroxyl groups is 2. The van der Waals surface area contributed by atoms with Crippen LogP contribution in [0.3, 0.4) is 0 Å². The van der Waals surface area contributed by atoms with Crippen LogP contribution in [0.15, 0.2) is 72.8 Å². The van der Waals surface area contributed by atoms with Crippen LogP contribution in [0.25, 0.3) is 20.5 Å². The lowest BCUT2D eigenvalue weighted by molar-refractivity contribution is 0.467. The van der Waals surface area contributed by atoms with Gasteiger partial charge in [0.15, 0.2) is 5.75 Å². The first-order valence-corrected chi connectivity index (χ1v) is 8.30. The van der Waals surface area contributed by atoms with Crippen LogP contribution in [-0.2, 0) is 0 Å². The van der Waals surface area contributed by atoms with Crippen molar-refractivity contribution in [2.24, 2.45) is 0 Å². The van der Waals surface area contributed by atoms with Crippen LogP contribution in [0.5, 0.6) is 23.0 Å². The molecule has 24 heavy (non-hydrogen) atoms. The zero-order valence-electron chi connectivity index (χ0n) is 12.6. The predicted molar refractivity (Wildman–Crippen MR) is 97.1 cm³/mol. The van der Waals surface area contributed by atoms with Gasteiger partial charge in [0.25, 0.3) is 0 Å². The number of hydrogen-bond donors (Lipinski definition) is 2. The molecule has 3 aromatic carbocycles. The summed E-state index contributed by atoms with van der Waals surface area (Å²) in [6.45, 7) is 0. The summed E-state index contributed by atoms with van der Waals surface area (Å²) in [6, 6.07) is 21.9. The van der Waals surface area contributed by atoms with E-state index in [1.165, 1.54) is 0 Å². The van der Waals surface area contributed by atoms with Gasteiger partial charge in [0.05, 0.1) is 4.88 Å². The fourth-order valence-corrected chi connectivity index (χ4v) is 3.69. The number of phenols is 2. The lowest BCUT2D eigenvalue weighted by Gasteiger charge is -2.08. The van der Waals surface area contributed by atoms with Crippen LogP contribution >= 0.6 is 11.3 Å². The van der Waals surface area contributed by atoms with E-state index in [-0.39, 0.29) is 11.5 Å². The van der Waals surface area contributed by atoms with Gasteiger partial charge in [-0.15, -0.1) is 11.3 Å². The highest BCUT2D eigenvalue weighted by Crippen LogP contribution is 2.46. The largest absolute Gasteiger partial charge is 0.508 e. The zero-order valence-corrected chi connectivity index (χ0v) is 13.5. The van der Waals surface area contributed by atoms with Crippen molar-refractivity contribution in [2.45, 2.75) is 0 Å². The van der Waals surface area contributed by atoms with Gasteiger partial charge >= 0.3 is 0 Å². The minimum atomic E-state index is 0.205. The average molecular weight is 334 g/mol. The molecule has 0 bridgehead atoms. The summed E-state index contributed by atoms with van der Waals surface area (Å²) in [5, 5.41) is 20.0. The second kappa shape index (κ2) is 5.91. The maximum absolute atomic E-state index is 9.52. The quantitative estimate of drug-likeness (QED) is 0.500. The molecule has 0 saturated carbocycles. The molecule has 0 amide bonds. The molecule has 0 spiro atoms. The van der Waals surface area contributed by atoms with Gasteiger partial charge in [0, 0.05) is 10.1 Å². The van der Waals surface area contributed by atoms with Gasteiger partial charge in [0.2, 0.25) is 0 Å². The lowest BCUT2D eigenvalue weighted by atomic mass is 10.1. The molecule has 0 aliphatic rings. The molecule has 0 fully saturated rings.